The Morgan fingerprint density at radius 3 is 2.65 bits per heavy atom. The van der Waals surface area contributed by atoms with Crippen LogP contribution in [0.15, 0.2) is 6.07 Å². The molecular weight excluding hydrogens is 313 g/mol. The van der Waals surface area contributed by atoms with Gasteiger partial charge in [-0.2, -0.15) is 0 Å². The van der Waals surface area contributed by atoms with E-state index in [1.807, 2.05) is 0 Å². The van der Waals surface area contributed by atoms with E-state index >= 15 is 0 Å². The number of benzene rings is 1. The van der Waals surface area contributed by atoms with Crippen molar-refractivity contribution in [2.75, 3.05) is 7.11 Å². The number of nitro groups is 1. The number of alkyl halides is 1. The molecule has 17 heavy (non-hydrogen) atoms. The molecule has 0 N–H and O–H groups in total. The zero-order chi connectivity index (χ0) is 13.2. The highest BCUT2D eigenvalue weighted by atomic mass is 79.9. The summed E-state index contributed by atoms with van der Waals surface area (Å²) in [6.07, 6.45) is 0.604. The molecule has 0 fully saturated rings. The molecular formula is C10H9BrClNO4. The Morgan fingerprint density at radius 1 is 1.65 bits per heavy atom. The number of halogens is 2. The van der Waals surface area contributed by atoms with Crippen LogP contribution in [0.1, 0.15) is 16.0 Å². The highest BCUT2D eigenvalue weighted by Gasteiger charge is 2.27. The van der Waals surface area contributed by atoms with Crippen molar-refractivity contribution >= 4 is 39.5 Å². The van der Waals surface area contributed by atoms with Crippen molar-refractivity contribution < 1.29 is 14.5 Å². The van der Waals surface area contributed by atoms with Crippen LogP contribution in [0.2, 0.25) is 5.02 Å². The largest absolute Gasteiger partial charge is 0.490 e. The van der Waals surface area contributed by atoms with Crippen LogP contribution in [-0.2, 0) is 4.79 Å². The van der Waals surface area contributed by atoms with Gasteiger partial charge in [-0.1, -0.05) is 27.5 Å². The highest BCUT2D eigenvalue weighted by Crippen LogP contribution is 2.42. The maximum atomic E-state index is 11.0. The van der Waals surface area contributed by atoms with Crippen LogP contribution in [0.4, 0.5) is 5.69 Å². The molecule has 0 aliphatic rings. The topological polar surface area (TPSA) is 69.4 Å². The Labute approximate surface area is 111 Å². The highest BCUT2D eigenvalue weighted by molar-refractivity contribution is 9.09. The van der Waals surface area contributed by atoms with Gasteiger partial charge in [-0.25, -0.2) is 0 Å². The zero-order valence-corrected chi connectivity index (χ0v) is 11.4. The number of ether oxygens (including phenoxy) is 1. The molecule has 0 saturated carbocycles. The molecule has 0 spiro atoms. The first-order chi connectivity index (χ1) is 7.93. The summed E-state index contributed by atoms with van der Waals surface area (Å²) >= 11 is 8.99. The minimum Gasteiger partial charge on any atom is -0.490 e. The quantitative estimate of drug-likeness (QED) is 0.369. The minimum absolute atomic E-state index is 0.0471. The summed E-state index contributed by atoms with van der Waals surface area (Å²) in [5.41, 5.74) is 0.425. The number of aldehydes is 1. The molecule has 0 aliphatic carbocycles. The lowest BCUT2D eigenvalue weighted by Crippen LogP contribution is -2.03. The van der Waals surface area contributed by atoms with Gasteiger partial charge in [-0.15, -0.1) is 0 Å². The average molecular weight is 323 g/mol. The van der Waals surface area contributed by atoms with Gasteiger partial charge in [0.25, 0.3) is 0 Å². The van der Waals surface area contributed by atoms with Gasteiger partial charge < -0.3 is 9.53 Å². The first-order valence-corrected chi connectivity index (χ1v) is 5.84. The number of nitro benzene ring substituents is 1. The lowest BCUT2D eigenvalue weighted by molar-refractivity contribution is -0.386. The fourth-order valence-corrected chi connectivity index (χ4v) is 1.99. The van der Waals surface area contributed by atoms with Gasteiger partial charge in [0, 0.05) is 11.1 Å². The zero-order valence-electron chi connectivity index (χ0n) is 9.07. The van der Waals surface area contributed by atoms with Gasteiger partial charge in [0.2, 0.25) is 5.75 Å². The molecule has 1 aromatic carbocycles. The molecule has 1 rings (SSSR count). The minimum atomic E-state index is -0.700. The molecule has 0 saturated heterocycles. The third kappa shape index (κ3) is 2.58. The summed E-state index contributed by atoms with van der Waals surface area (Å²) in [6, 6.07) is 1.48. The lowest BCUT2D eigenvalue weighted by Gasteiger charge is -2.12. The van der Waals surface area contributed by atoms with Gasteiger partial charge in [0.05, 0.1) is 21.9 Å². The molecule has 0 heterocycles. The van der Waals surface area contributed by atoms with Crippen molar-refractivity contribution in [1.29, 1.82) is 0 Å². The third-order valence-corrected chi connectivity index (χ3v) is 3.38. The predicted molar refractivity (Wildman–Crippen MR) is 67.1 cm³/mol. The molecule has 1 aromatic rings. The first kappa shape index (κ1) is 13.9. The Kier molecular flexibility index (Phi) is 4.47. The van der Waals surface area contributed by atoms with E-state index in [4.69, 9.17) is 16.3 Å². The molecule has 0 radical (unpaired) electrons. The van der Waals surface area contributed by atoms with Crippen LogP contribution < -0.4 is 4.74 Å². The number of carbonyl (C=O) groups excluding carboxylic acids is 1. The SMILES string of the molecule is COc1c(C(Br)C=O)cc(Cl)c(C)c1[N+](=O)[O-]. The molecule has 0 aliphatic heterocycles. The smallest absolute Gasteiger partial charge is 0.315 e. The van der Waals surface area contributed by atoms with Gasteiger partial charge in [-0.05, 0) is 13.0 Å². The van der Waals surface area contributed by atoms with E-state index in [0.717, 1.165) is 0 Å². The van der Waals surface area contributed by atoms with Crippen molar-refractivity contribution in [2.45, 2.75) is 11.8 Å². The van der Waals surface area contributed by atoms with Crippen LogP contribution in [0.3, 0.4) is 0 Å². The van der Waals surface area contributed by atoms with Crippen molar-refractivity contribution in [3.05, 3.63) is 32.3 Å². The molecule has 7 heteroatoms. The monoisotopic (exact) mass is 321 g/mol. The normalized spacial score (nSPS) is 12.0. The number of carbonyl (C=O) groups is 1. The van der Waals surface area contributed by atoms with Gasteiger partial charge in [0.15, 0.2) is 0 Å². The van der Waals surface area contributed by atoms with Crippen LogP contribution in [0.25, 0.3) is 0 Å². The second-order valence-corrected chi connectivity index (χ2v) is 4.64. The number of hydrogen-bond donors (Lipinski definition) is 0. The first-order valence-electron chi connectivity index (χ1n) is 4.54. The van der Waals surface area contributed by atoms with E-state index in [0.29, 0.717) is 17.4 Å². The molecule has 5 nitrogen and oxygen atoms in total. The second-order valence-electron chi connectivity index (χ2n) is 3.25. The maximum absolute atomic E-state index is 11.0. The van der Waals surface area contributed by atoms with Crippen LogP contribution in [0.5, 0.6) is 5.75 Å². The summed E-state index contributed by atoms with van der Waals surface area (Å²) < 4.78 is 5.01. The van der Waals surface area contributed by atoms with Crippen LogP contribution >= 0.6 is 27.5 Å². The van der Waals surface area contributed by atoms with Gasteiger partial charge in [-0.3, -0.25) is 10.1 Å². The van der Waals surface area contributed by atoms with E-state index in [1.165, 1.54) is 20.1 Å². The molecule has 0 aromatic heterocycles. The third-order valence-electron chi connectivity index (χ3n) is 2.28. The standard InChI is InChI=1S/C10H9BrClNO4/c1-5-8(12)3-6(7(11)4-14)10(17-2)9(5)13(15)16/h3-4,7H,1-2H3. The Morgan fingerprint density at radius 2 is 2.24 bits per heavy atom. The van der Waals surface area contributed by atoms with E-state index in [2.05, 4.69) is 15.9 Å². The average Bonchev–Trinajstić information content (AvgIpc) is 2.30. The number of hydrogen-bond acceptors (Lipinski definition) is 4. The van der Waals surface area contributed by atoms with E-state index in [1.54, 1.807) is 0 Å². The summed E-state index contributed by atoms with van der Waals surface area (Å²) in [7, 11) is 1.31. The summed E-state index contributed by atoms with van der Waals surface area (Å²) in [4.78, 5) is 20.4. The van der Waals surface area contributed by atoms with Crippen molar-refractivity contribution in [3.63, 3.8) is 0 Å². The van der Waals surface area contributed by atoms with Crippen molar-refractivity contribution in [1.82, 2.24) is 0 Å². The summed E-state index contributed by atoms with van der Waals surface area (Å²) in [5.74, 6) is 0.0471. The van der Waals surface area contributed by atoms with Crippen LogP contribution in [-0.4, -0.2) is 18.3 Å². The fourth-order valence-electron chi connectivity index (χ4n) is 1.44. The number of rotatable bonds is 4. The molecule has 0 bridgehead atoms. The molecule has 1 unspecified atom stereocenters. The van der Waals surface area contributed by atoms with Gasteiger partial charge >= 0.3 is 5.69 Å². The molecule has 1 atom stereocenters. The van der Waals surface area contributed by atoms with E-state index < -0.39 is 9.75 Å². The number of nitrogens with zero attached hydrogens (tertiary/aromatic N) is 1. The number of methoxy groups -OCH3 is 1. The molecule has 0 amide bonds. The maximum Gasteiger partial charge on any atom is 0.315 e. The Bertz CT molecular complexity index is 478. The second kappa shape index (κ2) is 5.46. The van der Waals surface area contributed by atoms with Crippen LogP contribution in [0, 0.1) is 17.0 Å². The predicted octanol–water partition coefficient (Wildman–Crippen LogP) is 3.20. The van der Waals surface area contributed by atoms with Gasteiger partial charge in [0.1, 0.15) is 6.29 Å². The van der Waals surface area contributed by atoms with Crippen molar-refractivity contribution in [2.24, 2.45) is 0 Å². The fraction of sp³-hybridized carbons (Fsp3) is 0.300. The van der Waals surface area contributed by atoms with E-state index in [-0.39, 0.29) is 16.5 Å². The summed E-state index contributed by atoms with van der Waals surface area (Å²) in [6.45, 7) is 1.52. The lowest BCUT2D eigenvalue weighted by atomic mass is 10.1. The Balaban J connectivity index is 3.63. The molecule has 92 valence electrons. The summed E-state index contributed by atoms with van der Waals surface area (Å²) in [5, 5.41) is 11.2. The Hall–Kier alpha value is -1.14. The van der Waals surface area contributed by atoms with E-state index in [9.17, 15) is 14.9 Å². The van der Waals surface area contributed by atoms with Crippen molar-refractivity contribution in [3.8, 4) is 5.75 Å².